The summed E-state index contributed by atoms with van der Waals surface area (Å²) in [6, 6.07) is -1.45. The number of carbonyl (C=O) groups is 3. The van der Waals surface area contributed by atoms with Crippen LogP contribution in [0.25, 0.3) is 0 Å². The first-order valence-corrected chi connectivity index (χ1v) is 5.89. The third-order valence-electron chi connectivity index (χ3n) is 2.60. The predicted molar refractivity (Wildman–Crippen MR) is 68.0 cm³/mol. The molecule has 0 unspecified atom stereocenters. The molecule has 7 heteroatoms. The number of amides is 3. The van der Waals surface area contributed by atoms with Crippen LogP contribution < -0.4 is 21.7 Å². The zero-order valence-corrected chi connectivity index (χ0v) is 11.1. The molecule has 0 aliphatic carbocycles. The first-order chi connectivity index (χ1) is 8.38. The maximum atomic E-state index is 11.8. The van der Waals surface area contributed by atoms with Crippen molar-refractivity contribution in [2.75, 3.05) is 13.6 Å². The molecule has 5 N–H and O–H groups in total. The van der Waals surface area contributed by atoms with Crippen LogP contribution in [0.2, 0.25) is 0 Å². The highest BCUT2D eigenvalue weighted by molar-refractivity contribution is 5.89. The van der Waals surface area contributed by atoms with Gasteiger partial charge in [-0.2, -0.15) is 0 Å². The lowest BCUT2D eigenvalue weighted by atomic mass is 10.1. The van der Waals surface area contributed by atoms with Crippen LogP contribution in [-0.4, -0.2) is 43.4 Å². The first kappa shape index (κ1) is 16.4. The highest BCUT2D eigenvalue weighted by Crippen LogP contribution is 1.97. The normalized spacial score (nSPS) is 13.5. The highest BCUT2D eigenvalue weighted by Gasteiger charge is 2.19. The Hall–Kier alpha value is -1.63. The fraction of sp³-hybridized carbons (Fsp3) is 0.727. The molecule has 7 nitrogen and oxygen atoms in total. The fourth-order valence-electron chi connectivity index (χ4n) is 1.34. The van der Waals surface area contributed by atoms with Crippen LogP contribution >= 0.6 is 0 Å². The average Bonchev–Trinajstić information content (AvgIpc) is 2.28. The zero-order valence-electron chi connectivity index (χ0n) is 11.1. The quantitative estimate of drug-likeness (QED) is 0.423. The van der Waals surface area contributed by atoms with E-state index in [9.17, 15) is 14.4 Å². The number of likely N-dealkylation sites (N-methyl/N-ethyl adjacent to an activating group) is 1. The van der Waals surface area contributed by atoms with E-state index in [2.05, 4.69) is 16.0 Å². The third-order valence-corrected chi connectivity index (χ3v) is 2.60. The largest absolute Gasteiger partial charge is 0.352 e. The molecule has 0 spiro atoms. The number of ketones is 1. The molecule has 0 aliphatic heterocycles. The number of Topliss-reactive ketones (excluding diaryl/α,β-unsaturated/α-hetero) is 1. The van der Waals surface area contributed by atoms with Crippen molar-refractivity contribution in [3.8, 4) is 0 Å². The van der Waals surface area contributed by atoms with Gasteiger partial charge >= 0.3 is 6.03 Å². The van der Waals surface area contributed by atoms with Gasteiger partial charge in [-0.15, -0.1) is 0 Å². The lowest BCUT2D eigenvalue weighted by molar-refractivity contribution is -0.127. The van der Waals surface area contributed by atoms with Crippen LogP contribution in [0.4, 0.5) is 4.79 Å². The van der Waals surface area contributed by atoms with Gasteiger partial charge in [0.15, 0.2) is 5.78 Å². The summed E-state index contributed by atoms with van der Waals surface area (Å²) >= 11 is 0. The summed E-state index contributed by atoms with van der Waals surface area (Å²) in [5, 5.41) is 7.93. The van der Waals surface area contributed by atoms with Crippen molar-refractivity contribution in [3.63, 3.8) is 0 Å². The van der Waals surface area contributed by atoms with E-state index in [4.69, 9.17) is 5.73 Å². The fourth-order valence-corrected chi connectivity index (χ4v) is 1.34. The van der Waals surface area contributed by atoms with Crippen LogP contribution in [-0.2, 0) is 9.59 Å². The molecule has 0 fully saturated rings. The molecule has 0 aromatic rings. The van der Waals surface area contributed by atoms with Crippen LogP contribution in [0, 0.1) is 0 Å². The molecule has 18 heavy (non-hydrogen) atoms. The number of primary amides is 1. The third kappa shape index (κ3) is 6.85. The Kier molecular flexibility index (Phi) is 7.69. The number of carbonyl (C=O) groups excluding carboxylic acids is 3. The van der Waals surface area contributed by atoms with Gasteiger partial charge in [-0.25, -0.2) is 4.79 Å². The molecule has 2 atom stereocenters. The molecular weight excluding hydrogens is 236 g/mol. The van der Waals surface area contributed by atoms with E-state index in [-0.39, 0.29) is 17.7 Å². The minimum atomic E-state index is -0.578. The predicted octanol–water partition coefficient (Wildman–Crippen LogP) is -0.883. The Morgan fingerprint density at radius 3 is 2.33 bits per heavy atom. The van der Waals surface area contributed by atoms with Gasteiger partial charge in [0.05, 0.1) is 12.1 Å². The van der Waals surface area contributed by atoms with Gasteiger partial charge in [0.25, 0.3) is 0 Å². The van der Waals surface area contributed by atoms with Gasteiger partial charge in [-0.3, -0.25) is 9.59 Å². The molecule has 3 amide bonds. The van der Waals surface area contributed by atoms with E-state index >= 15 is 0 Å². The van der Waals surface area contributed by atoms with Crippen LogP contribution in [0.15, 0.2) is 0 Å². The highest BCUT2D eigenvalue weighted by atomic mass is 16.2. The molecule has 0 saturated carbocycles. The summed E-state index contributed by atoms with van der Waals surface area (Å²) < 4.78 is 0. The van der Waals surface area contributed by atoms with E-state index in [1.807, 2.05) is 0 Å². The molecule has 0 aromatic carbocycles. The lowest BCUT2D eigenvalue weighted by Gasteiger charge is -2.18. The maximum Gasteiger partial charge on any atom is 0.312 e. The van der Waals surface area contributed by atoms with Crippen molar-refractivity contribution in [2.45, 2.75) is 38.8 Å². The summed E-state index contributed by atoms with van der Waals surface area (Å²) in [5.41, 5.74) is 4.92. The first-order valence-electron chi connectivity index (χ1n) is 5.89. The topological polar surface area (TPSA) is 113 Å². The minimum absolute atomic E-state index is 0.0893. The second-order valence-corrected chi connectivity index (χ2v) is 4.12. The molecular formula is C11H22N4O3. The van der Waals surface area contributed by atoms with E-state index in [1.165, 1.54) is 6.92 Å². The monoisotopic (exact) mass is 258 g/mol. The molecule has 0 aromatic heterocycles. The van der Waals surface area contributed by atoms with Crippen molar-refractivity contribution in [1.82, 2.24) is 16.0 Å². The molecule has 0 heterocycles. The number of rotatable bonds is 8. The van der Waals surface area contributed by atoms with E-state index < -0.39 is 12.1 Å². The van der Waals surface area contributed by atoms with E-state index in [0.717, 1.165) is 0 Å². The molecule has 0 aliphatic rings. The maximum absolute atomic E-state index is 11.8. The second kappa shape index (κ2) is 8.46. The van der Waals surface area contributed by atoms with Crippen molar-refractivity contribution >= 4 is 17.7 Å². The van der Waals surface area contributed by atoms with Crippen molar-refractivity contribution in [3.05, 3.63) is 0 Å². The van der Waals surface area contributed by atoms with Crippen molar-refractivity contribution < 1.29 is 14.4 Å². The smallest absolute Gasteiger partial charge is 0.312 e. The Labute approximate surface area is 107 Å². The zero-order chi connectivity index (χ0) is 14.1. The number of nitrogens with two attached hydrogens (primary N) is 1. The Bertz CT molecular complexity index is 307. The average molecular weight is 258 g/mol. The van der Waals surface area contributed by atoms with E-state index in [1.54, 1.807) is 14.0 Å². The van der Waals surface area contributed by atoms with E-state index in [0.29, 0.717) is 19.4 Å². The van der Waals surface area contributed by atoms with Gasteiger partial charge in [0.1, 0.15) is 0 Å². The Morgan fingerprint density at radius 2 is 1.89 bits per heavy atom. The van der Waals surface area contributed by atoms with Crippen molar-refractivity contribution in [2.24, 2.45) is 5.73 Å². The Morgan fingerprint density at radius 1 is 1.28 bits per heavy atom. The van der Waals surface area contributed by atoms with Gasteiger partial charge in [-0.05, 0) is 33.7 Å². The van der Waals surface area contributed by atoms with Crippen LogP contribution in [0.1, 0.15) is 26.7 Å². The minimum Gasteiger partial charge on any atom is -0.352 e. The standard InChI is InChI=1S/C11H22N4O3/c1-7(8(2)16)15-10(17)9(13-3)5-4-6-14-11(12)18/h7,9,13H,4-6H2,1-3H3,(H,15,17)(H3,12,14,18)/t7-,9-/m0/s1. The number of hydrogen-bond donors (Lipinski definition) is 4. The molecule has 0 radical (unpaired) electrons. The summed E-state index contributed by atoms with van der Waals surface area (Å²) in [4.78, 5) is 33.3. The van der Waals surface area contributed by atoms with Crippen LogP contribution in [0.3, 0.4) is 0 Å². The van der Waals surface area contributed by atoms with Gasteiger partial charge in [0, 0.05) is 6.54 Å². The van der Waals surface area contributed by atoms with Crippen molar-refractivity contribution in [1.29, 1.82) is 0 Å². The number of hydrogen-bond acceptors (Lipinski definition) is 4. The molecule has 0 bridgehead atoms. The van der Waals surface area contributed by atoms with Crippen LogP contribution in [0.5, 0.6) is 0 Å². The number of nitrogens with one attached hydrogen (secondary N) is 3. The molecule has 104 valence electrons. The second-order valence-electron chi connectivity index (χ2n) is 4.12. The van der Waals surface area contributed by atoms with Gasteiger partial charge in [-0.1, -0.05) is 0 Å². The SMILES string of the molecule is CN[C@@H](CCCNC(N)=O)C(=O)N[C@@H](C)C(C)=O. The lowest BCUT2D eigenvalue weighted by Crippen LogP contribution is -2.48. The summed E-state index contributed by atoms with van der Waals surface area (Å²) in [7, 11) is 1.67. The number of urea groups is 1. The Balaban J connectivity index is 4.04. The summed E-state index contributed by atoms with van der Waals surface area (Å²) in [6.45, 7) is 3.49. The van der Waals surface area contributed by atoms with Gasteiger partial charge < -0.3 is 21.7 Å². The summed E-state index contributed by atoms with van der Waals surface area (Å²) in [6.07, 6.45) is 1.17. The molecule has 0 rings (SSSR count). The summed E-state index contributed by atoms with van der Waals surface area (Å²) in [5.74, 6) is -0.312. The van der Waals surface area contributed by atoms with Gasteiger partial charge in [0.2, 0.25) is 5.91 Å². The molecule has 0 saturated heterocycles.